The highest BCUT2D eigenvalue weighted by Gasteiger charge is 2.35. The molecule has 166 valence electrons. The monoisotopic (exact) mass is 467 g/mol. The van der Waals surface area contributed by atoms with Crippen LogP contribution in [0.25, 0.3) is 6.08 Å². The number of nitrogens with zero attached hydrogens (tertiary/aromatic N) is 2. The van der Waals surface area contributed by atoms with Crippen LogP contribution in [0.15, 0.2) is 72.3 Å². The van der Waals surface area contributed by atoms with Crippen molar-refractivity contribution in [2.75, 3.05) is 5.01 Å². The molecule has 1 aliphatic heterocycles. The van der Waals surface area contributed by atoms with E-state index in [1.807, 2.05) is 0 Å². The molecular formula is C23H15ClFN3O5. The molecule has 3 aromatic carbocycles. The lowest BCUT2D eigenvalue weighted by Crippen LogP contribution is -2.35. The number of rotatable bonds is 6. The third-order valence-corrected chi connectivity index (χ3v) is 4.96. The van der Waals surface area contributed by atoms with Gasteiger partial charge < -0.3 is 4.74 Å². The summed E-state index contributed by atoms with van der Waals surface area (Å²) in [5.41, 5.74) is 2.66. The number of hydrogen-bond acceptors (Lipinski definition) is 5. The first-order valence-electron chi connectivity index (χ1n) is 9.61. The van der Waals surface area contributed by atoms with Gasteiger partial charge in [-0.3, -0.25) is 25.1 Å². The fraction of sp³-hybridized carbons (Fsp3) is 0.0435. The van der Waals surface area contributed by atoms with Crippen LogP contribution < -0.4 is 15.2 Å². The van der Waals surface area contributed by atoms with E-state index in [0.717, 1.165) is 11.1 Å². The van der Waals surface area contributed by atoms with Crippen molar-refractivity contribution in [3.05, 3.63) is 104 Å². The van der Waals surface area contributed by atoms with Crippen molar-refractivity contribution in [1.82, 2.24) is 5.43 Å². The number of nitro groups is 1. The van der Waals surface area contributed by atoms with Crippen LogP contribution in [0.2, 0.25) is 5.02 Å². The second kappa shape index (κ2) is 9.09. The summed E-state index contributed by atoms with van der Waals surface area (Å²) in [5, 5.41) is 12.7. The molecule has 8 nitrogen and oxygen atoms in total. The first-order chi connectivity index (χ1) is 15.8. The van der Waals surface area contributed by atoms with Gasteiger partial charge in [-0.05, 0) is 42.0 Å². The van der Waals surface area contributed by atoms with E-state index in [-0.39, 0.29) is 28.5 Å². The molecule has 10 heteroatoms. The SMILES string of the molecule is O=C1NN(c2ccccc2)C(=O)C1=Cc1cc(Cl)cc([N+](=O)[O-])c1OCc1cccc(F)c1. The molecule has 2 amide bonds. The zero-order valence-corrected chi connectivity index (χ0v) is 17.6. The predicted octanol–water partition coefficient (Wildman–Crippen LogP) is 4.43. The standard InChI is InChI=1S/C23H15ClFN3O5/c24-16-10-15(11-19-22(29)26-27(23(19)30)18-7-2-1-3-8-18)21(20(12-16)28(31)32)33-13-14-5-4-6-17(25)9-14/h1-12H,13H2,(H,26,29). The van der Waals surface area contributed by atoms with E-state index in [2.05, 4.69) is 5.43 Å². The number of carbonyl (C=O) groups is 2. The van der Waals surface area contributed by atoms with E-state index in [1.54, 1.807) is 36.4 Å². The first-order valence-corrected chi connectivity index (χ1v) is 9.98. The average Bonchev–Trinajstić information content (AvgIpc) is 3.07. The minimum atomic E-state index is -0.693. The van der Waals surface area contributed by atoms with Crippen LogP contribution in [-0.4, -0.2) is 16.7 Å². The van der Waals surface area contributed by atoms with Gasteiger partial charge >= 0.3 is 5.69 Å². The molecule has 33 heavy (non-hydrogen) atoms. The fourth-order valence-electron chi connectivity index (χ4n) is 3.25. The molecule has 0 atom stereocenters. The summed E-state index contributed by atoms with van der Waals surface area (Å²) in [5.74, 6) is -2.04. The van der Waals surface area contributed by atoms with Gasteiger partial charge in [-0.2, -0.15) is 0 Å². The summed E-state index contributed by atoms with van der Waals surface area (Å²) in [6, 6.07) is 16.4. The number of benzene rings is 3. The third-order valence-electron chi connectivity index (χ3n) is 4.74. The average molecular weight is 468 g/mol. The molecule has 0 aromatic heterocycles. The maximum atomic E-state index is 13.5. The van der Waals surface area contributed by atoms with Gasteiger partial charge in [0.05, 0.1) is 10.6 Å². The smallest absolute Gasteiger partial charge is 0.313 e. The molecule has 0 saturated carbocycles. The molecule has 0 radical (unpaired) electrons. The van der Waals surface area contributed by atoms with E-state index in [1.165, 1.54) is 30.3 Å². The Morgan fingerprint density at radius 2 is 1.85 bits per heavy atom. The molecule has 1 fully saturated rings. The Morgan fingerprint density at radius 3 is 2.55 bits per heavy atom. The third kappa shape index (κ3) is 4.68. The molecular weight excluding hydrogens is 453 g/mol. The summed E-state index contributed by atoms with van der Waals surface area (Å²) in [4.78, 5) is 36.3. The van der Waals surface area contributed by atoms with Gasteiger partial charge in [-0.25, -0.2) is 9.40 Å². The van der Waals surface area contributed by atoms with Crippen LogP contribution in [0, 0.1) is 15.9 Å². The zero-order chi connectivity index (χ0) is 23.5. The van der Waals surface area contributed by atoms with Crippen molar-refractivity contribution in [2.24, 2.45) is 0 Å². The van der Waals surface area contributed by atoms with E-state index >= 15 is 0 Å². The Kier molecular flexibility index (Phi) is 6.05. The summed E-state index contributed by atoms with van der Waals surface area (Å²) in [6.45, 7) is -0.188. The van der Waals surface area contributed by atoms with Gasteiger partial charge in [0, 0.05) is 16.7 Å². The lowest BCUT2D eigenvalue weighted by Gasteiger charge is -2.14. The number of halogens is 2. The molecule has 4 rings (SSSR count). The molecule has 0 aliphatic carbocycles. The molecule has 1 heterocycles. The second-order valence-electron chi connectivity index (χ2n) is 6.99. The predicted molar refractivity (Wildman–Crippen MR) is 119 cm³/mol. The van der Waals surface area contributed by atoms with Crippen LogP contribution >= 0.6 is 11.6 Å². The molecule has 1 aliphatic rings. The molecule has 0 bridgehead atoms. The maximum Gasteiger partial charge on any atom is 0.313 e. The largest absolute Gasteiger partial charge is 0.482 e. The lowest BCUT2D eigenvalue weighted by atomic mass is 10.1. The molecule has 0 unspecified atom stereocenters. The highest BCUT2D eigenvalue weighted by molar-refractivity contribution is 6.32. The number of hydrogen-bond donors (Lipinski definition) is 1. The number of nitrogens with one attached hydrogen (secondary N) is 1. The van der Waals surface area contributed by atoms with Crippen molar-refractivity contribution in [3.8, 4) is 5.75 Å². The number of carbonyl (C=O) groups excluding carboxylic acids is 2. The van der Waals surface area contributed by atoms with Gasteiger partial charge in [0.2, 0.25) is 5.75 Å². The second-order valence-corrected chi connectivity index (χ2v) is 7.43. The highest BCUT2D eigenvalue weighted by atomic mass is 35.5. The zero-order valence-electron chi connectivity index (χ0n) is 16.8. The Hall–Kier alpha value is -4.24. The molecule has 1 N–H and O–H groups in total. The minimum Gasteiger partial charge on any atom is -0.482 e. The number of anilines is 1. The van der Waals surface area contributed by atoms with Crippen LogP contribution in [-0.2, 0) is 16.2 Å². The van der Waals surface area contributed by atoms with Gasteiger partial charge in [0.25, 0.3) is 11.8 Å². The van der Waals surface area contributed by atoms with Gasteiger partial charge in [0.1, 0.15) is 18.0 Å². The van der Waals surface area contributed by atoms with Crippen LogP contribution in [0.5, 0.6) is 5.75 Å². The summed E-state index contributed by atoms with van der Waals surface area (Å²) < 4.78 is 19.1. The van der Waals surface area contributed by atoms with E-state index in [0.29, 0.717) is 11.3 Å². The van der Waals surface area contributed by atoms with E-state index < -0.39 is 28.2 Å². The van der Waals surface area contributed by atoms with Crippen LogP contribution in [0.3, 0.4) is 0 Å². The van der Waals surface area contributed by atoms with Crippen molar-refractivity contribution in [2.45, 2.75) is 6.61 Å². The van der Waals surface area contributed by atoms with Crippen molar-refractivity contribution in [3.63, 3.8) is 0 Å². The van der Waals surface area contributed by atoms with Gasteiger partial charge in [-0.1, -0.05) is 41.9 Å². The maximum absolute atomic E-state index is 13.5. The van der Waals surface area contributed by atoms with Gasteiger partial charge in [0.15, 0.2) is 0 Å². The Morgan fingerprint density at radius 1 is 1.09 bits per heavy atom. The van der Waals surface area contributed by atoms with Crippen molar-refractivity contribution < 1.29 is 23.6 Å². The topological polar surface area (TPSA) is 102 Å². The van der Waals surface area contributed by atoms with Crippen molar-refractivity contribution in [1.29, 1.82) is 0 Å². The Balaban J connectivity index is 1.73. The number of hydrazine groups is 1. The lowest BCUT2D eigenvalue weighted by molar-refractivity contribution is -0.385. The summed E-state index contributed by atoms with van der Waals surface area (Å²) in [7, 11) is 0. The first kappa shape index (κ1) is 22.0. The van der Waals surface area contributed by atoms with Crippen molar-refractivity contribution >= 4 is 40.9 Å². The normalized spacial score (nSPS) is 14.5. The number of para-hydroxylation sites is 1. The van der Waals surface area contributed by atoms with Crippen LogP contribution in [0.4, 0.5) is 15.8 Å². The van der Waals surface area contributed by atoms with Gasteiger partial charge in [-0.15, -0.1) is 0 Å². The minimum absolute atomic E-state index is 0.0115. The fourth-order valence-corrected chi connectivity index (χ4v) is 3.47. The molecule has 0 spiro atoms. The van der Waals surface area contributed by atoms with E-state index in [9.17, 15) is 24.1 Å². The van der Waals surface area contributed by atoms with E-state index in [4.69, 9.17) is 16.3 Å². The van der Waals surface area contributed by atoms with Crippen LogP contribution in [0.1, 0.15) is 11.1 Å². The summed E-state index contributed by atoms with van der Waals surface area (Å²) >= 11 is 6.05. The highest BCUT2D eigenvalue weighted by Crippen LogP contribution is 2.37. The Bertz CT molecular complexity index is 1300. The number of nitro benzene ring substituents is 1. The molecule has 1 saturated heterocycles. The summed E-state index contributed by atoms with van der Waals surface area (Å²) in [6.07, 6.45) is 1.18. The Labute approximate surface area is 192 Å². The quantitative estimate of drug-likeness (QED) is 0.250. The number of ether oxygens (including phenoxy) is 1. The molecule has 3 aromatic rings. The number of amides is 2.